The molecule has 8 nitrogen and oxygen atoms in total. The third-order valence-electron chi connectivity index (χ3n) is 7.20. The number of benzene rings is 1. The summed E-state index contributed by atoms with van der Waals surface area (Å²) in [7, 11) is 2.14. The summed E-state index contributed by atoms with van der Waals surface area (Å²) in [6, 6.07) is 10.3. The predicted octanol–water partition coefficient (Wildman–Crippen LogP) is 3.78. The minimum absolute atomic E-state index is 0.155. The predicted molar refractivity (Wildman–Crippen MR) is 134 cm³/mol. The van der Waals surface area contributed by atoms with Crippen LogP contribution in [-0.4, -0.2) is 64.0 Å². The lowest BCUT2D eigenvalue weighted by Gasteiger charge is -2.32. The molecule has 0 bridgehead atoms. The lowest BCUT2D eigenvalue weighted by atomic mass is 9.94. The summed E-state index contributed by atoms with van der Waals surface area (Å²) in [5.74, 6) is 1.65. The first-order chi connectivity index (χ1) is 17.2. The third kappa shape index (κ3) is 4.14. The molecular weight excluding hydrogens is 440 g/mol. The highest BCUT2D eigenvalue weighted by molar-refractivity contribution is 6.04. The van der Waals surface area contributed by atoms with Crippen molar-refractivity contribution in [2.75, 3.05) is 38.1 Å². The molecule has 1 N–H and O–H groups in total. The first kappa shape index (κ1) is 21.7. The van der Waals surface area contributed by atoms with Gasteiger partial charge in [0.25, 0.3) is 0 Å². The zero-order valence-electron chi connectivity index (χ0n) is 19.8. The number of oxime groups is 1. The number of hydrogen-bond acceptors (Lipinski definition) is 8. The van der Waals surface area contributed by atoms with Gasteiger partial charge in [0.15, 0.2) is 0 Å². The average Bonchev–Trinajstić information content (AvgIpc) is 3.54. The number of aryl methyl sites for hydroxylation is 1. The van der Waals surface area contributed by atoms with Gasteiger partial charge in [0.1, 0.15) is 11.9 Å². The fourth-order valence-electron chi connectivity index (χ4n) is 5.14. The number of rotatable bonds is 4. The van der Waals surface area contributed by atoms with Crippen LogP contribution in [0.25, 0.3) is 11.3 Å². The van der Waals surface area contributed by atoms with E-state index in [1.54, 1.807) is 12.4 Å². The van der Waals surface area contributed by atoms with E-state index < -0.39 is 0 Å². The maximum Gasteiger partial charge on any atom is 0.225 e. The van der Waals surface area contributed by atoms with Crippen molar-refractivity contribution in [3.05, 3.63) is 82.9 Å². The summed E-state index contributed by atoms with van der Waals surface area (Å²) in [6.07, 6.45) is 9.62. The molecule has 8 heteroatoms. The molecule has 0 spiro atoms. The van der Waals surface area contributed by atoms with Crippen molar-refractivity contribution in [1.29, 1.82) is 0 Å². The maximum atomic E-state index is 9.30. The van der Waals surface area contributed by atoms with E-state index >= 15 is 0 Å². The highest BCUT2D eigenvalue weighted by atomic mass is 16.5. The Labute approximate surface area is 204 Å². The first-order valence-electron chi connectivity index (χ1n) is 12.1. The smallest absolute Gasteiger partial charge is 0.225 e. The number of aromatic nitrogens is 3. The molecule has 6 rings (SSSR count). The van der Waals surface area contributed by atoms with Crippen LogP contribution >= 0.6 is 0 Å². The van der Waals surface area contributed by atoms with Gasteiger partial charge in [-0.25, -0.2) is 9.97 Å². The van der Waals surface area contributed by atoms with Crippen LogP contribution in [0.5, 0.6) is 0 Å². The molecule has 2 aromatic heterocycles. The van der Waals surface area contributed by atoms with Crippen molar-refractivity contribution in [3.63, 3.8) is 0 Å². The van der Waals surface area contributed by atoms with Crippen molar-refractivity contribution in [1.82, 2.24) is 19.9 Å². The molecule has 1 fully saturated rings. The molecule has 3 aromatic rings. The fourth-order valence-corrected chi connectivity index (χ4v) is 5.14. The van der Waals surface area contributed by atoms with Crippen LogP contribution in [0.4, 0.5) is 5.95 Å². The molecule has 4 heterocycles. The second kappa shape index (κ2) is 9.11. The molecule has 1 atom stereocenters. The molecule has 178 valence electrons. The second-order valence-electron chi connectivity index (χ2n) is 9.38. The van der Waals surface area contributed by atoms with E-state index in [-0.39, 0.29) is 6.10 Å². The van der Waals surface area contributed by atoms with Gasteiger partial charge >= 0.3 is 0 Å². The Kier molecular flexibility index (Phi) is 5.66. The SMILES string of the molecule is CN1CCN(c2ncc(C3CC(c4ccc5c(c4)CC/C5=N\O)=C(c4ccncc4)O3)cn2)CC1. The number of hydrogen-bond donors (Lipinski definition) is 1. The Bertz CT molecular complexity index is 1280. The van der Waals surface area contributed by atoms with Crippen LogP contribution in [0.3, 0.4) is 0 Å². The lowest BCUT2D eigenvalue weighted by Crippen LogP contribution is -2.45. The summed E-state index contributed by atoms with van der Waals surface area (Å²) in [4.78, 5) is 18.1. The van der Waals surface area contributed by atoms with Crippen molar-refractivity contribution in [2.24, 2.45) is 5.16 Å². The van der Waals surface area contributed by atoms with E-state index in [1.165, 1.54) is 5.56 Å². The number of fused-ring (bicyclic) bond motifs is 1. The van der Waals surface area contributed by atoms with Crippen LogP contribution in [0, 0.1) is 0 Å². The van der Waals surface area contributed by atoms with Crippen LogP contribution < -0.4 is 4.90 Å². The first-order valence-corrected chi connectivity index (χ1v) is 12.1. The minimum Gasteiger partial charge on any atom is -0.484 e. The van der Waals surface area contributed by atoms with E-state index in [4.69, 9.17) is 4.74 Å². The monoisotopic (exact) mass is 468 g/mol. The Balaban J connectivity index is 1.29. The van der Waals surface area contributed by atoms with Gasteiger partial charge in [0.05, 0.1) is 5.71 Å². The van der Waals surface area contributed by atoms with Crippen LogP contribution in [0.1, 0.15) is 46.8 Å². The van der Waals surface area contributed by atoms with Gasteiger partial charge in [-0.05, 0) is 43.1 Å². The zero-order chi connectivity index (χ0) is 23.8. The number of nitrogens with zero attached hydrogens (tertiary/aromatic N) is 6. The summed E-state index contributed by atoms with van der Waals surface area (Å²) in [5.41, 5.74) is 7.26. The van der Waals surface area contributed by atoms with Crippen LogP contribution in [-0.2, 0) is 11.2 Å². The number of ether oxygens (including phenoxy) is 1. The number of likely N-dealkylation sites (N-methyl/N-ethyl adjacent to an activating group) is 1. The summed E-state index contributed by atoms with van der Waals surface area (Å²) < 4.78 is 6.55. The molecule has 1 aliphatic carbocycles. The number of anilines is 1. The standard InChI is InChI=1S/C27H28N6O2/c1-32-10-12-33(13-11-32)27-29-16-21(17-30-27)25-15-23(26(35-25)18-6-8-28-9-7-18)20-2-4-22-19(14-20)3-5-24(22)31-34/h2,4,6-9,14,16-17,25,34H,3,5,10-13,15H2,1H3/b31-24+. The summed E-state index contributed by atoms with van der Waals surface area (Å²) in [5, 5.41) is 12.8. The second-order valence-corrected chi connectivity index (χ2v) is 9.38. The molecule has 0 saturated carbocycles. The highest BCUT2D eigenvalue weighted by Crippen LogP contribution is 2.45. The highest BCUT2D eigenvalue weighted by Gasteiger charge is 2.31. The van der Waals surface area contributed by atoms with Crippen LogP contribution in [0.2, 0.25) is 0 Å². The Hall–Kier alpha value is -3.78. The number of pyridine rings is 1. The molecule has 0 amide bonds. The van der Waals surface area contributed by atoms with Gasteiger partial charge in [-0.15, -0.1) is 0 Å². The van der Waals surface area contributed by atoms with E-state index in [2.05, 4.69) is 55.2 Å². The van der Waals surface area contributed by atoms with Gasteiger partial charge in [-0.1, -0.05) is 23.4 Å². The van der Waals surface area contributed by atoms with Crippen molar-refractivity contribution in [3.8, 4) is 0 Å². The minimum atomic E-state index is -0.155. The van der Waals surface area contributed by atoms with Crippen LogP contribution in [0.15, 0.2) is 60.3 Å². The van der Waals surface area contributed by atoms with Gasteiger partial charge in [0.2, 0.25) is 5.95 Å². The van der Waals surface area contributed by atoms with Gasteiger partial charge < -0.3 is 19.7 Å². The molecule has 35 heavy (non-hydrogen) atoms. The molecule has 0 radical (unpaired) electrons. The van der Waals surface area contributed by atoms with Crippen molar-refractivity contribution < 1.29 is 9.94 Å². The Morgan fingerprint density at radius 2 is 1.74 bits per heavy atom. The Morgan fingerprint density at radius 1 is 0.971 bits per heavy atom. The molecule has 2 aliphatic heterocycles. The average molecular weight is 469 g/mol. The number of piperazine rings is 1. The molecule has 1 unspecified atom stereocenters. The van der Waals surface area contributed by atoms with Gasteiger partial charge in [-0.3, -0.25) is 4.98 Å². The summed E-state index contributed by atoms with van der Waals surface area (Å²) in [6.45, 7) is 3.92. The zero-order valence-corrected chi connectivity index (χ0v) is 19.8. The van der Waals surface area contributed by atoms with E-state index in [9.17, 15) is 5.21 Å². The van der Waals surface area contributed by atoms with Gasteiger partial charge in [-0.2, -0.15) is 0 Å². The largest absolute Gasteiger partial charge is 0.484 e. The van der Waals surface area contributed by atoms with E-state index in [1.807, 2.05) is 24.5 Å². The molecule has 1 saturated heterocycles. The lowest BCUT2D eigenvalue weighted by molar-refractivity contribution is 0.194. The van der Waals surface area contributed by atoms with E-state index in [0.29, 0.717) is 0 Å². The maximum absolute atomic E-state index is 9.30. The molecular formula is C27H28N6O2. The topological polar surface area (TPSA) is 87.0 Å². The Morgan fingerprint density at radius 3 is 2.49 bits per heavy atom. The fraction of sp³-hybridized carbons (Fsp3) is 0.333. The van der Waals surface area contributed by atoms with Gasteiger partial charge in [0, 0.05) is 79.7 Å². The molecule has 1 aromatic carbocycles. The normalized spacial score (nSPS) is 21.5. The summed E-state index contributed by atoms with van der Waals surface area (Å²) >= 11 is 0. The van der Waals surface area contributed by atoms with Crippen molar-refractivity contribution in [2.45, 2.75) is 25.4 Å². The van der Waals surface area contributed by atoms with E-state index in [0.717, 1.165) is 90.7 Å². The third-order valence-corrected chi connectivity index (χ3v) is 7.20. The van der Waals surface area contributed by atoms with Crippen molar-refractivity contribution >= 4 is 23.0 Å². The quantitative estimate of drug-likeness (QED) is 0.461. The molecule has 3 aliphatic rings.